The van der Waals surface area contributed by atoms with E-state index in [0.717, 1.165) is 9.87 Å². The minimum atomic E-state index is -4.10. The summed E-state index contributed by atoms with van der Waals surface area (Å²) < 4.78 is 39.0. The van der Waals surface area contributed by atoms with Gasteiger partial charge in [-0.3, -0.25) is 9.10 Å². The number of rotatable bonds is 11. The number of halogens is 1. The normalized spacial score (nSPS) is 11.2. The molecule has 8 nitrogen and oxygen atoms in total. The molecule has 0 aromatic heterocycles. The Hall–Kier alpha value is -4.34. The average molecular weight is 564 g/mol. The second kappa shape index (κ2) is 12.9. The molecule has 0 heterocycles. The Morgan fingerprint density at radius 1 is 0.923 bits per heavy atom. The van der Waals surface area contributed by atoms with Crippen molar-refractivity contribution in [3.63, 3.8) is 0 Å². The summed E-state index contributed by atoms with van der Waals surface area (Å²) in [4.78, 5) is 12.9. The molecule has 4 aromatic carbocycles. The lowest BCUT2D eigenvalue weighted by molar-refractivity contribution is -0.119. The van der Waals surface area contributed by atoms with E-state index in [1.807, 2.05) is 42.5 Å². The van der Waals surface area contributed by atoms with Gasteiger partial charge in [-0.05, 0) is 48.0 Å². The molecular weight excluding hydrogens is 538 g/mol. The van der Waals surface area contributed by atoms with Crippen LogP contribution in [0, 0.1) is 0 Å². The first-order valence-electron chi connectivity index (χ1n) is 11.9. The number of amides is 1. The summed E-state index contributed by atoms with van der Waals surface area (Å²) in [6, 6.07) is 29.3. The Morgan fingerprint density at radius 3 is 2.28 bits per heavy atom. The Labute approximate surface area is 232 Å². The third-order valence-corrected chi connectivity index (χ3v) is 7.67. The van der Waals surface area contributed by atoms with Gasteiger partial charge in [-0.1, -0.05) is 72.3 Å². The molecule has 0 aliphatic carbocycles. The van der Waals surface area contributed by atoms with Crippen LogP contribution in [-0.2, 0) is 21.4 Å². The van der Waals surface area contributed by atoms with Gasteiger partial charge in [0.25, 0.3) is 15.9 Å². The summed E-state index contributed by atoms with van der Waals surface area (Å²) in [5, 5.41) is 4.23. The van der Waals surface area contributed by atoms with Gasteiger partial charge in [0.2, 0.25) is 0 Å². The maximum absolute atomic E-state index is 13.5. The number of carbonyl (C=O) groups excluding carboxylic acids is 1. The van der Waals surface area contributed by atoms with Crippen molar-refractivity contribution in [1.29, 1.82) is 0 Å². The number of carbonyl (C=O) groups is 1. The molecule has 1 amide bonds. The Balaban J connectivity index is 1.51. The number of hydrazone groups is 1. The topological polar surface area (TPSA) is 97.3 Å². The molecule has 0 saturated carbocycles. The number of anilines is 1. The van der Waals surface area contributed by atoms with E-state index in [9.17, 15) is 13.2 Å². The Kier molecular flexibility index (Phi) is 9.19. The molecule has 0 saturated heterocycles. The van der Waals surface area contributed by atoms with Crippen molar-refractivity contribution in [3.8, 4) is 11.5 Å². The van der Waals surface area contributed by atoms with Gasteiger partial charge in [-0.15, -0.1) is 0 Å². The van der Waals surface area contributed by atoms with Crippen molar-refractivity contribution >= 4 is 39.4 Å². The second-order valence-corrected chi connectivity index (χ2v) is 10.5. The van der Waals surface area contributed by atoms with Crippen LogP contribution >= 0.6 is 11.6 Å². The zero-order valence-electron chi connectivity index (χ0n) is 21.0. The van der Waals surface area contributed by atoms with Crippen LogP contribution in [0.4, 0.5) is 5.69 Å². The zero-order valence-corrected chi connectivity index (χ0v) is 22.6. The molecule has 200 valence electrons. The van der Waals surface area contributed by atoms with E-state index in [1.165, 1.54) is 43.7 Å². The number of sulfonamides is 1. The SMILES string of the molecule is COc1ccc(N(CC(=O)N/N=C\c2ccccc2OCc2ccccc2)S(=O)(=O)c2ccccc2)cc1Cl. The molecule has 0 fully saturated rings. The Bertz CT molecular complexity index is 1550. The predicted molar refractivity (Wildman–Crippen MR) is 152 cm³/mol. The Morgan fingerprint density at radius 2 is 1.59 bits per heavy atom. The summed E-state index contributed by atoms with van der Waals surface area (Å²) in [7, 11) is -2.65. The standard InChI is InChI=1S/C29H26ClN3O5S/c1-37-28-17-16-24(18-26(28)30)33(39(35,36)25-13-6-3-7-14-25)20-29(34)32-31-19-23-12-8-9-15-27(23)38-21-22-10-4-2-5-11-22/h2-19H,20-21H2,1H3,(H,32,34)/b31-19-. The van der Waals surface area contributed by atoms with Gasteiger partial charge in [0.05, 0.1) is 28.9 Å². The lowest BCUT2D eigenvalue weighted by Crippen LogP contribution is -2.39. The van der Waals surface area contributed by atoms with E-state index < -0.39 is 22.5 Å². The molecule has 0 atom stereocenters. The van der Waals surface area contributed by atoms with Crippen LogP contribution in [0.25, 0.3) is 0 Å². The van der Waals surface area contributed by atoms with E-state index >= 15 is 0 Å². The van der Waals surface area contributed by atoms with Crippen LogP contribution in [0.5, 0.6) is 11.5 Å². The van der Waals surface area contributed by atoms with Gasteiger partial charge in [0.15, 0.2) is 0 Å². The van der Waals surface area contributed by atoms with Crippen molar-refractivity contribution in [2.75, 3.05) is 18.0 Å². The summed E-state index contributed by atoms with van der Waals surface area (Å²) in [5.41, 5.74) is 4.25. The second-order valence-electron chi connectivity index (χ2n) is 8.25. The smallest absolute Gasteiger partial charge is 0.264 e. The van der Waals surface area contributed by atoms with E-state index in [0.29, 0.717) is 23.7 Å². The van der Waals surface area contributed by atoms with Crippen molar-refractivity contribution in [1.82, 2.24) is 5.43 Å². The van der Waals surface area contributed by atoms with Crippen LogP contribution in [-0.4, -0.2) is 34.2 Å². The van der Waals surface area contributed by atoms with Gasteiger partial charge < -0.3 is 9.47 Å². The molecule has 0 aliphatic heterocycles. The molecular formula is C29H26ClN3O5S. The molecule has 4 rings (SSSR count). The molecule has 1 N–H and O–H groups in total. The number of nitrogens with one attached hydrogen (secondary N) is 1. The highest BCUT2D eigenvalue weighted by molar-refractivity contribution is 7.92. The largest absolute Gasteiger partial charge is 0.495 e. The fraction of sp³-hybridized carbons (Fsp3) is 0.103. The fourth-order valence-corrected chi connectivity index (χ4v) is 5.32. The number of benzene rings is 4. The molecule has 0 unspecified atom stereocenters. The van der Waals surface area contributed by atoms with Crippen molar-refractivity contribution < 1.29 is 22.7 Å². The van der Waals surface area contributed by atoms with Gasteiger partial charge in [0.1, 0.15) is 24.7 Å². The summed E-state index contributed by atoms with van der Waals surface area (Å²) >= 11 is 6.25. The fourth-order valence-electron chi connectivity index (χ4n) is 3.64. The summed E-state index contributed by atoms with van der Waals surface area (Å²) in [5.74, 6) is 0.306. The average Bonchev–Trinajstić information content (AvgIpc) is 2.96. The van der Waals surface area contributed by atoms with Crippen LogP contribution in [0.15, 0.2) is 113 Å². The minimum absolute atomic E-state index is 0.0257. The number of methoxy groups -OCH3 is 1. The quantitative estimate of drug-likeness (QED) is 0.198. The minimum Gasteiger partial charge on any atom is -0.495 e. The lowest BCUT2D eigenvalue weighted by Gasteiger charge is -2.24. The molecule has 0 radical (unpaired) electrons. The molecule has 0 spiro atoms. The maximum atomic E-state index is 13.5. The molecule has 10 heteroatoms. The van der Waals surface area contributed by atoms with Gasteiger partial charge in [-0.2, -0.15) is 5.10 Å². The number of nitrogens with zero attached hydrogens (tertiary/aromatic N) is 2. The third-order valence-electron chi connectivity index (χ3n) is 5.59. The summed E-state index contributed by atoms with van der Waals surface area (Å²) in [6.45, 7) is -0.168. The van der Waals surface area contributed by atoms with Crippen molar-refractivity contribution in [2.24, 2.45) is 5.10 Å². The molecule has 4 aromatic rings. The van der Waals surface area contributed by atoms with Crippen molar-refractivity contribution in [2.45, 2.75) is 11.5 Å². The first-order valence-corrected chi connectivity index (χ1v) is 13.7. The highest BCUT2D eigenvalue weighted by Crippen LogP contribution is 2.31. The number of ether oxygens (including phenoxy) is 2. The van der Waals surface area contributed by atoms with Gasteiger partial charge >= 0.3 is 0 Å². The first-order chi connectivity index (χ1) is 18.9. The first kappa shape index (κ1) is 27.7. The van der Waals surface area contributed by atoms with Crippen LogP contribution in [0.1, 0.15) is 11.1 Å². The zero-order chi connectivity index (χ0) is 27.7. The van der Waals surface area contributed by atoms with E-state index in [1.54, 1.807) is 30.3 Å². The van der Waals surface area contributed by atoms with Crippen molar-refractivity contribution in [3.05, 3.63) is 119 Å². The van der Waals surface area contributed by atoms with Crippen LogP contribution in [0.2, 0.25) is 5.02 Å². The van der Waals surface area contributed by atoms with E-state index in [4.69, 9.17) is 21.1 Å². The van der Waals surface area contributed by atoms with Crippen LogP contribution < -0.4 is 19.2 Å². The van der Waals surface area contributed by atoms with E-state index in [2.05, 4.69) is 10.5 Å². The number of hydrogen-bond acceptors (Lipinski definition) is 6. The highest BCUT2D eigenvalue weighted by Gasteiger charge is 2.27. The molecule has 39 heavy (non-hydrogen) atoms. The predicted octanol–water partition coefficient (Wildman–Crippen LogP) is 5.27. The summed E-state index contributed by atoms with van der Waals surface area (Å²) in [6.07, 6.45) is 1.44. The lowest BCUT2D eigenvalue weighted by atomic mass is 10.2. The van der Waals surface area contributed by atoms with Gasteiger partial charge in [-0.25, -0.2) is 13.8 Å². The number of para-hydroxylation sites is 1. The highest BCUT2D eigenvalue weighted by atomic mass is 35.5. The van der Waals surface area contributed by atoms with Gasteiger partial charge in [0, 0.05) is 5.56 Å². The third kappa shape index (κ3) is 7.16. The molecule has 0 aliphatic rings. The van der Waals surface area contributed by atoms with E-state index in [-0.39, 0.29) is 15.6 Å². The number of hydrogen-bond donors (Lipinski definition) is 1. The molecule has 0 bridgehead atoms. The maximum Gasteiger partial charge on any atom is 0.264 e. The monoisotopic (exact) mass is 563 g/mol. The van der Waals surface area contributed by atoms with Crippen LogP contribution in [0.3, 0.4) is 0 Å².